The predicted octanol–water partition coefficient (Wildman–Crippen LogP) is 5.80. The van der Waals surface area contributed by atoms with E-state index in [1.807, 2.05) is 18.4 Å². The largest absolute Gasteiger partial charge is 0.468 e. The molecule has 2 aromatic carbocycles. The first-order chi connectivity index (χ1) is 18.1. The summed E-state index contributed by atoms with van der Waals surface area (Å²) in [5, 5.41) is 12.3. The molecule has 6 rings (SSSR count). The van der Waals surface area contributed by atoms with Crippen LogP contribution in [0.5, 0.6) is 5.75 Å². The Labute approximate surface area is 218 Å². The van der Waals surface area contributed by atoms with Crippen molar-refractivity contribution >= 4 is 39.3 Å². The molecule has 2 aliphatic rings. The molecule has 0 radical (unpaired) electrons. The lowest BCUT2D eigenvalue weighted by molar-refractivity contribution is 0.0512. The van der Waals surface area contributed by atoms with Crippen LogP contribution in [0.3, 0.4) is 0 Å². The zero-order valence-corrected chi connectivity index (χ0v) is 21.5. The maximum absolute atomic E-state index is 16.4. The number of aromatic nitrogens is 3. The highest BCUT2D eigenvalue weighted by molar-refractivity contribution is 7.98. The van der Waals surface area contributed by atoms with E-state index in [9.17, 15) is 5.26 Å². The Hall–Kier alpha value is -3.48. The zero-order valence-electron chi connectivity index (χ0n) is 20.7. The molecule has 9 heteroatoms. The van der Waals surface area contributed by atoms with Gasteiger partial charge in [-0.05, 0) is 60.9 Å². The van der Waals surface area contributed by atoms with Crippen molar-refractivity contribution < 1.29 is 13.9 Å². The van der Waals surface area contributed by atoms with Crippen LogP contribution in [0.25, 0.3) is 32.9 Å². The fraction of sp³-hybridized carbons (Fsp3) is 0.357. The number of hydrogen-bond acceptors (Lipinski definition) is 8. The van der Waals surface area contributed by atoms with E-state index in [2.05, 4.69) is 20.9 Å². The molecular formula is C28H26FN5O2S. The van der Waals surface area contributed by atoms with Crippen LogP contribution in [0.4, 0.5) is 10.2 Å². The zero-order chi connectivity index (χ0) is 25.5. The second-order valence-corrected chi connectivity index (χ2v) is 10.5. The van der Waals surface area contributed by atoms with E-state index in [1.54, 1.807) is 24.4 Å². The van der Waals surface area contributed by atoms with Gasteiger partial charge in [-0.3, -0.25) is 4.98 Å². The summed E-state index contributed by atoms with van der Waals surface area (Å²) in [6.45, 7) is 1.89. The molecule has 37 heavy (non-hydrogen) atoms. The third-order valence-electron chi connectivity index (χ3n) is 7.40. The normalized spacial score (nSPS) is 18.9. The Morgan fingerprint density at radius 3 is 2.73 bits per heavy atom. The minimum absolute atomic E-state index is 0.0437. The number of rotatable bonds is 6. The molecule has 0 N–H and O–H groups in total. The third-order valence-corrected chi connectivity index (χ3v) is 7.95. The number of pyridine rings is 1. The van der Waals surface area contributed by atoms with E-state index < -0.39 is 5.82 Å². The lowest BCUT2D eigenvalue weighted by Crippen LogP contribution is -2.37. The average Bonchev–Trinajstić information content (AvgIpc) is 3.27. The summed E-state index contributed by atoms with van der Waals surface area (Å²) < 4.78 is 27.2. The standard InChI is InChI=1S/C28H26FN5O2S/c1-35-15-36-20-9-18-4-3-5-19(11-30)23(18)21(10-20)25-24(29)26-22(12-31-25)27(33-28(32-26)37-2)34-13-16-6-7-17(8-16)14-34/h3-5,9-10,12,16-17H,6-8,13-15H2,1-2H3. The molecule has 0 spiro atoms. The number of benzene rings is 2. The summed E-state index contributed by atoms with van der Waals surface area (Å²) in [6, 6.07) is 11.1. The maximum Gasteiger partial charge on any atom is 0.189 e. The quantitative estimate of drug-likeness (QED) is 0.181. The van der Waals surface area contributed by atoms with Crippen molar-refractivity contribution in [3.8, 4) is 23.1 Å². The van der Waals surface area contributed by atoms with Gasteiger partial charge < -0.3 is 14.4 Å². The number of anilines is 1. The van der Waals surface area contributed by atoms with Crippen LogP contribution in [-0.2, 0) is 4.74 Å². The predicted molar refractivity (Wildman–Crippen MR) is 142 cm³/mol. The fourth-order valence-electron chi connectivity index (χ4n) is 5.81. The van der Waals surface area contributed by atoms with Crippen molar-refractivity contribution in [1.29, 1.82) is 5.26 Å². The van der Waals surface area contributed by atoms with Crippen LogP contribution in [0.2, 0.25) is 0 Å². The number of fused-ring (bicyclic) bond motifs is 4. The SMILES string of the molecule is COCOc1cc(-c2ncc3c(N4CC5CCC(C5)C4)nc(SC)nc3c2F)c2c(C#N)cccc2c1. The molecule has 1 aliphatic carbocycles. The Bertz CT molecular complexity index is 1540. The van der Waals surface area contributed by atoms with Crippen LogP contribution in [-0.4, -0.2) is 48.2 Å². The lowest BCUT2D eigenvalue weighted by Gasteiger charge is -2.33. The Morgan fingerprint density at radius 2 is 2.00 bits per heavy atom. The van der Waals surface area contributed by atoms with Crippen molar-refractivity contribution in [2.45, 2.75) is 24.4 Å². The molecule has 2 aromatic heterocycles. The first kappa shape index (κ1) is 23.9. The summed E-state index contributed by atoms with van der Waals surface area (Å²) in [5.41, 5.74) is 1.27. The van der Waals surface area contributed by atoms with Gasteiger partial charge in [0.2, 0.25) is 0 Å². The van der Waals surface area contributed by atoms with Crippen LogP contribution in [0.1, 0.15) is 24.8 Å². The summed E-state index contributed by atoms with van der Waals surface area (Å²) in [6.07, 6.45) is 7.32. The molecule has 7 nitrogen and oxygen atoms in total. The molecule has 3 heterocycles. The van der Waals surface area contributed by atoms with Crippen LogP contribution < -0.4 is 9.64 Å². The van der Waals surface area contributed by atoms with Gasteiger partial charge in [0.25, 0.3) is 0 Å². The first-order valence-electron chi connectivity index (χ1n) is 12.3. The van der Waals surface area contributed by atoms with Gasteiger partial charge in [0.15, 0.2) is 17.8 Å². The lowest BCUT2D eigenvalue weighted by atomic mass is 9.96. The minimum Gasteiger partial charge on any atom is -0.468 e. The second kappa shape index (κ2) is 9.77. The van der Waals surface area contributed by atoms with E-state index in [4.69, 9.17) is 14.5 Å². The molecule has 0 amide bonds. The van der Waals surface area contributed by atoms with Crippen molar-refractivity contribution in [3.05, 3.63) is 47.9 Å². The Morgan fingerprint density at radius 1 is 1.19 bits per heavy atom. The van der Waals surface area contributed by atoms with Crippen molar-refractivity contribution in [1.82, 2.24) is 15.0 Å². The monoisotopic (exact) mass is 515 g/mol. The van der Waals surface area contributed by atoms with Crippen molar-refractivity contribution in [2.75, 3.05) is 38.1 Å². The van der Waals surface area contributed by atoms with Gasteiger partial charge in [-0.25, -0.2) is 14.4 Å². The molecule has 2 fully saturated rings. The van der Waals surface area contributed by atoms with Gasteiger partial charge in [0, 0.05) is 37.3 Å². The van der Waals surface area contributed by atoms with Gasteiger partial charge in [0.1, 0.15) is 22.8 Å². The van der Waals surface area contributed by atoms with Crippen molar-refractivity contribution in [2.24, 2.45) is 11.8 Å². The van der Waals surface area contributed by atoms with E-state index >= 15 is 4.39 Å². The molecule has 4 aromatic rings. The smallest absolute Gasteiger partial charge is 0.189 e. The number of nitrogens with zero attached hydrogens (tertiary/aromatic N) is 5. The molecule has 2 atom stereocenters. The van der Waals surface area contributed by atoms with Gasteiger partial charge in [-0.1, -0.05) is 23.9 Å². The number of ether oxygens (including phenoxy) is 2. The molecular weight excluding hydrogens is 489 g/mol. The molecule has 1 saturated heterocycles. The van der Waals surface area contributed by atoms with Gasteiger partial charge in [0.05, 0.1) is 17.0 Å². The minimum atomic E-state index is -0.533. The van der Waals surface area contributed by atoms with Gasteiger partial charge >= 0.3 is 0 Å². The number of methoxy groups -OCH3 is 1. The fourth-order valence-corrected chi connectivity index (χ4v) is 6.17. The highest BCUT2D eigenvalue weighted by Crippen LogP contribution is 2.41. The summed E-state index contributed by atoms with van der Waals surface area (Å²) >= 11 is 1.40. The van der Waals surface area contributed by atoms with Gasteiger partial charge in [-0.2, -0.15) is 5.26 Å². The summed E-state index contributed by atoms with van der Waals surface area (Å²) in [4.78, 5) is 16.3. The molecule has 1 saturated carbocycles. The molecule has 188 valence electrons. The topological polar surface area (TPSA) is 84.2 Å². The number of nitriles is 1. The number of thioether (sulfide) groups is 1. The van der Waals surface area contributed by atoms with E-state index in [1.165, 1.54) is 38.1 Å². The number of hydrogen-bond donors (Lipinski definition) is 0. The van der Waals surface area contributed by atoms with Crippen LogP contribution in [0, 0.1) is 29.0 Å². The van der Waals surface area contributed by atoms with E-state index in [0.717, 1.165) is 24.3 Å². The molecule has 2 bridgehead atoms. The first-order valence-corrected chi connectivity index (χ1v) is 13.6. The number of piperidine rings is 1. The second-order valence-electron chi connectivity index (χ2n) is 9.70. The van der Waals surface area contributed by atoms with Gasteiger partial charge in [-0.15, -0.1) is 0 Å². The van der Waals surface area contributed by atoms with E-state index in [-0.39, 0.29) is 18.0 Å². The third kappa shape index (κ3) is 4.24. The Kier molecular flexibility index (Phi) is 6.31. The van der Waals surface area contributed by atoms with Crippen LogP contribution in [0.15, 0.2) is 41.7 Å². The average molecular weight is 516 g/mol. The van der Waals surface area contributed by atoms with Crippen molar-refractivity contribution in [3.63, 3.8) is 0 Å². The Balaban J connectivity index is 1.56. The van der Waals surface area contributed by atoms with Crippen LogP contribution >= 0.6 is 11.8 Å². The van der Waals surface area contributed by atoms with E-state index in [0.29, 0.717) is 44.6 Å². The maximum atomic E-state index is 16.4. The molecule has 2 unspecified atom stereocenters. The summed E-state index contributed by atoms with van der Waals surface area (Å²) in [5.74, 6) is 2.03. The summed E-state index contributed by atoms with van der Waals surface area (Å²) in [7, 11) is 1.54. The number of halogens is 1. The highest BCUT2D eigenvalue weighted by Gasteiger charge is 2.34. The molecule has 1 aliphatic heterocycles. The highest BCUT2D eigenvalue weighted by atomic mass is 32.2.